The van der Waals surface area contributed by atoms with Gasteiger partial charge in [-0.05, 0) is 13.3 Å². The first kappa shape index (κ1) is 11.5. The molecule has 1 aromatic rings. The van der Waals surface area contributed by atoms with E-state index < -0.39 is 0 Å². The number of nitrogens with two attached hydrogens (primary N) is 1. The van der Waals surface area contributed by atoms with Gasteiger partial charge in [-0.2, -0.15) is 9.97 Å². The number of ether oxygens (including phenoxy) is 1. The van der Waals surface area contributed by atoms with Gasteiger partial charge in [-0.25, -0.2) is 0 Å². The molecule has 6 nitrogen and oxygen atoms in total. The molecule has 6 heteroatoms. The minimum Gasteiger partial charge on any atom is -0.481 e. The first-order chi connectivity index (χ1) is 7.15. The van der Waals surface area contributed by atoms with Crippen LogP contribution in [-0.2, 0) is 0 Å². The van der Waals surface area contributed by atoms with Crippen LogP contribution in [0.25, 0.3) is 0 Å². The van der Waals surface area contributed by atoms with Gasteiger partial charge in [0.05, 0.1) is 7.11 Å². The third-order valence-corrected chi connectivity index (χ3v) is 1.89. The van der Waals surface area contributed by atoms with E-state index in [9.17, 15) is 0 Å². The highest BCUT2D eigenvalue weighted by molar-refractivity contribution is 5.43. The molecule has 0 amide bonds. The fourth-order valence-electron chi connectivity index (χ4n) is 1.14. The van der Waals surface area contributed by atoms with E-state index in [1.807, 2.05) is 6.92 Å². The smallest absolute Gasteiger partial charge is 0.225 e. The van der Waals surface area contributed by atoms with Crippen molar-refractivity contribution in [1.29, 1.82) is 0 Å². The maximum absolute atomic E-state index is 8.75. The average Bonchev–Trinajstić information content (AvgIpc) is 2.17. The second kappa shape index (κ2) is 5.35. The zero-order valence-corrected chi connectivity index (χ0v) is 8.90. The van der Waals surface area contributed by atoms with E-state index in [2.05, 4.69) is 15.3 Å². The molecule has 0 radical (unpaired) electrons. The average molecular weight is 212 g/mol. The molecule has 0 aliphatic heterocycles. The molecule has 84 valence electrons. The van der Waals surface area contributed by atoms with Crippen LogP contribution < -0.4 is 15.8 Å². The van der Waals surface area contributed by atoms with Crippen LogP contribution in [0.1, 0.15) is 13.3 Å². The van der Waals surface area contributed by atoms with Crippen LogP contribution in [-0.4, -0.2) is 34.8 Å². The van der Waals surface area contributed by atoms with Gasteiger partial charge in [0.1, 0.15) is 5.82 Å². The van der Waals surface area contributed by atoms with Gasteiger partial charge in [-0.15, -0.1) is 0 Å². The van der Waals surface area contributed by atoms with Gasteiger partial charge in [0.25, 0.3) is 0 Å². The zero-order valence-electron chi connectivity index (χ0n) is 8.90. The quantitative estimate of drug-likeness (QED) is 0.647. The van der Waals surface area contributed by atoms with Crippen LogP contribution in [0.2, 0.25) is 0 Å². The summed E-state index contributed by atoms with van der Waals surface area (Å²) in [6, 6.07) is 1.78. The van der Waals surface area contributed by atoms with Gasteiger partial charge < -0.3 is 20.9 Å². The Labute approximate surface area is 88.5 Å². The summed E-state index contributed by atoms with van der Waals surface area (Å²) < 4.78 is 4.96. The summed E-state index contributed by atoms with van der Waals surface area (Å²) in [4.78, 5) is 7.86. The Balaban J connectivity index is 2.71. The number of nitrogens with one attached hydrogen (secondary N) is 1. The number of aromatic nitrogens is 2. The van der Waals surface area contributed by atoms with Crippen molar-refractivity contribution in [3.8, 4) is 5.88 Å². The molecule has 0 saturated carbocycles. The zero-order chi connectivity index (χ0) is 11.3. The van der Waals surface area contributed by atoms with Gasteiger partial charge in [-0.3, -0.25) is 0 Å². The molecule has 0 aliphatic rings. The molecule has 0 spiro atoms. The highest BCUT2D eigenvalue weighted by Crippen LogP contribution is 2.15. The van der Waals surface area contributed by atoms with E-state index in [0.717, 1.165) is 0 Å². The number of nitrogens with zero attached hydrogens (tertiary/aromatic N) is 2. The summed E-state index contributed by atoms with van der Waals surface area (Å²) in [5.41, 5.74) is 5.49. The van der Waals surface area contributed by atoms with Crippen LogP contribution in [0.15, 0.2) is 6.07 Å². The monoisotopic (exact) mass is 212 g/mol. The van der Waals surface area contributed by atoms with E-state index >= 15 is 0 Å². The Bertz CT molecular complexity index is 319. The lowest BCUT2D eigenvalue weighted by atomic mass is 10.2. The number of nitrogen functional groups attached to an aromatic ring is 1. The van der Waals surface area contributed by atoms with Crippen LogP contribution in [0, 0.1) is 0 Å². The summed E-state index contributed by atoms with van der Waals surface area (Å²) in [6.07, 6.45) is 0.645. The summed E-state index contributed by atoms with van der Waals surface area (Å²) in [5.74, 6) is 1.18. The number of anilines is 2. The molecular weight excluding hydrogens is 196 g/mol. The van der Waals surface area contributed by atoms with Gasteiger partial charge in [-0.1, -0.05) is 0 Å². The molecule has 0 bridgehead atoms. The van der Waals surface area contributed by atoms with E-state index in [0.29, 0.717) is 18.1 Å². The molecular formula is C9H16N4O2. The molecule has 1 rings (SSSR count). The Kier molecular flexibility index (Phi) is 4.11. The fraction of sp³-hybridized carbons (Fsp3) is 0.556. The fourth-order valence-corrected chi connectivity index (χ4v) is 1.14. The minimum absolute atomic E-state index is 0.119. The molecule has 0 aromatic carbocycles. The predicted molar refractivity (Wildman–Crippen MR) is 57.8 cm³/mol. The summed E-state index contributed by atoms with van der Waals surface area (Å²) >= 11 is 0. The van der Waals surface area contributed by atoms with Crippen LogP contribution in [0.4, 0.5) is 11.8 Å². The normalized spacial score (nSPS) is 12.2. The molecule has 0 fully saturated rings. The van der Waals surface area contributed by atoms with Crippen molar-refractivity contribution in [2.24, 2.45) is 0 Å². The van der Waals surface area contributed by atoms with Crippen LogP contribution in [0.5, 0.6) is 5.88 Å². The van der Waals surface area contributed by atoms with Crippen molar-refractivity contribution in [3.63, 3.8) is 0 Å². The van der Waals surface area contributed by atoms with Crippen LogP contribution in [0.3, 0.4) is 0 Å². The van der Waals surface area contributed by atoms with Crippen molar-refractivity contribution < 1.29 is 9.84 Å². The molecule has 1 aromatic heterocycles. The minimum atomic E-state index is 0.119. The van der Waals surface area contributed by atoms with Gasteiger partial charge in [0.15, 0.2) is 0 Å². The van der Waals surface area contributed by atoms with Crippen LogP contribution >= 0.6 is 0 Å². The molecule has 0 aliphatic carbocycles. The Hall–Kier alpha value is -1.56. The number of aliphatic hydroxyl groups excluding tert-OH is 1. The number of aliphatic hydroxyl groups is 1. The number of methoxy groups -OCH3 is 1. The van der Waals surface area contributed by atoms with Crippen molar-refractivity contribution >= 4 is 11.8 Å². The van der Waals surface area contributed by atoms with Crippen molar-refractivity contribution in [2.75, 3.05) is 24.8 Å². The number of rotatable bonds is 5. The standard InChI is InChI=1S/C9H16N4O2/c1-6(3-4-14)11-7-5-8(15-2)13-9(10)12-7/h5-6,14H,3-4H2,1-2H3,(H3,10,11,12,13). The molecule has 0 saturated heterocycles. The molecule has 1 unspecified atom stereocenters. The largest absolute Gasteiger partial charge is 0.481 e. The highest BCUT2D eigenvalue weighted by Gasteiger charge is 2.05. The summed E-state index contributed by atoms with van der Waals surface area (Å²) in [6.45, 7) is 2.08. The number of hydrogen-bond donors (Lipinski definition) is 3. The van der Waals surface area contributed by atoms with Crippen molar-refractivity contribution in [2.45, 2.75) is 19.4 Å². The SMILES string of the molecule is COc1cc(NC(C)CCO)nc(N)n1. The summed E-state index contributed by atoms with van der Waals surface area (Å²) in [7, 11) is 1.52. The third-order valence-electron chi connectivity index (χ3n) is 1.89. The maximum atomic E-state index is 8.75. The van der Waals surface area contributed by atoms with E-state index in [1.54, 1.807) is 6.07 Å². The molecule has 1 atom stereocenters. The molecule has 4 N–H and O–H groups in total. The van der Waals surface area contributed by atoms with Crippen molar-refractivity contribution in [1.82, 2.24) is 9.97 Å². The number of hydrogen-bond acceptors (Lipinski definition) is 6. The lowest BCUT2D eigenvalue weighted by Crippen LogP contribution is -2.18. The first-order valence-electron chi connectivity index (χ1n) is 4.71. The lowest BCUT2D eigenvalue weighted by Gasteiger charge is -2.13. The summed E-state index contributed by atoms with van der Waals surface area (Å²) in [5, 5.41) is 11.8. The predicted octanol–water partition coefficient (Wildman–Crippen LogP) is 0.250. The Morgan fingerprint density at radius 2 is 2.33 bits per heavy atom. The topological polar surface area (TPSA) is 93.3 Å². The lowest BCUT2D eigenvalue weighted by molar-refractivity contribution is 0.282. The molecule has 15 heavy (non-hydrogen) atoms. The van der Waals surface area contributed by atoms with Gasteiger partial charge in [0.2, 0.25) is 11.8 Å². The van der Waals surface area contributed by atoms with Crippen molar-refractivity contribution in [3.05, 3.63) is 6.07 Å². The van der Waals surface area contributed by atoms with E-state index in [-0.39, 0.29) is 18.6 Å². The van der Waals surface area contributed by atoms with Gasteiger partial charge in [0, 0.05) is 18.7 Å². The first-order valence-corrected chi connectivity index (χ1v) is 4.71. The molecule has 1 heterocycles. The van der Waals surface area contributed by atoms with E-state index in [4.69, 9.17) is 15.6 Å². The maximum Gasteiger partial charge on any atom is 0.225 e. The van der Waals surface area contributed by atoms with Gasteiger partial charge >= 0.3 is 0 Å². The highest BCUT2D eigenvalue weighted by atomic mass is 16.5. The van der Waals surface area contributed by atoms with E-state index in [1.165, 1.54) is 7.11 Å². The second-order valence-electron chi connectivity index (χ2n) is 3.21. The Morgan fingerprint density at radius 1 is 1.60 bits per heavy atom. The second-order valence-corrected chi connectivity index (χ2v) is 3.21. The third kappa shape index (κ3) is 3.59. The Morgan fingerprint density at radius 3 is 2.93 bits per heavy atom.